The van der Waals surface area contributed by atoms with E-state index in [0.717, 1.165) is 28.4 Å². The molecule has 0 aliphatic carbocycles. The molecule has 4 nitrogen and oxygen atoms in total. The van der Waals surface area contributed by atoms with Crippen molar-refractivity contribution in [1.82, 2.24) is 0 Å². The molecule has 0 radical (unpaired) electrons. The number of anilines is 2. The number of benzene rings is 2. The van der Waals surface area contributed by atoms with Gasteiger partial charge in [-0.25, -0.2) is 0 Å². The Balaban J connectivity index is 2.04. The highest BCUT2D eigenvalue weighted by Crippen LogP contribution is 2.22. The number of nitrogens with one attached hydrogen (secondary N) is 2. The van der Waals surface area contributed by atoms with E-state index in [4.69, 9.17) is 21.7 Å². The second-order valence-corrected chi connectivity index (χ2v) is 4.90. The van der Waals surface area contributed by atoms with Crippen molar-refractivity contribution < 1.29 is 9.47 Å². The minimum atomic E-state index is 0.525. The van der Waals surface area contributed by atoms with Crippen LogP contribution in [0.2, 0.25) is 0 Å². The Labute approximate surface area is 130 Å². The van der Waals surface area contributed by atoms with E-state index in [1.807, 2.05) is 49.4 Å². The van der Waals surface area contributed by atoms with Crippen LogP contribution in [-0.2, 0) is 0 Å². The molecular formula is C16H18N2O2S. The van der Waals surface area contributed by atoms with Gasteiger partial charge in [0.1, 0.15) is 11.5 Å². The fourth-order valence-electron chi connectivity index (χ4n) is 1.82. The Bertz CT molecular complexity index is 627. The Kier molecular flexibility index (Phi) is 5.00. The molecule has 0 spiro atoms. The Hall–Kier alpha value is -2.27. The van der Waals surface area contributed by atoms with Crippen LogP contribution in [0.25, 0.3) is 0 Å². The van der Waals surface area contributed by atoms with E-state index < -0.39 is 0 Å². The van der Waals surface area contributed by atoms with Crippen LogP contribution in [0.4, 0.5) is 11.4 Å². The third-order valence-electron chi connectivity index (χ3n) is 3.04. The van der Waals surface area contributed by atoms with Gasteiger partial charge in [0.25, 0.3) is 0 Å². The molecule has 0 atom stereocenters. The summed E-state index contributed by atoms with van der Waals surface area (Å²) in [5, 5.41) is 6.83. The average Bonchev–Trinajstić information content (AvgIpc) is 2.50. The molecule has 0 heterocycles. The molecule has 0 fully saturated rings. The van der Waals surface area contributed by atoms with Crippen molar-refractivity contribution in [3.8, 4) is 11.5 Å². The molecule has 2 N–H and O–H groups in total. The quantitative estimate of drug-likeness (QED) is 0.840. The van der Waals surface area contributed by atoms with E-state index >= 15 is 0 Å². The second-order valence-electron chi connectivity index (χ2n) is 4.49. The SMILES string of the molecule is COc1ccc(NC(=S)Nc2cc(OC)ccc2C)cc1. The molecule has 0 aromatic heterocycles. The van der Waals surface area contributed by atoms with E-state index in [1.54, 1.807) is 14.2 Å². The fraction of sp³-hybridized carbons (Fsp3) is 0.188. The number of thiocarbonyl (C=S) groups is 1. The first kappa shape index (κ1) is 15.1. The molecule has 0 saturated carbocycles. The lowest BCUT2D eigenvalue weighted by atomic mass is 10.2. The number of hydrogen-bond acceptors (Lipinski definition) is 3. The smallest absolute Gasteiger partial charge is 0.175 e. The predicted molar refractivity (Wildman–Crippen MR) is 90.6 cm³/mol. The lowest BCUT2D eigenvalue weighted by molar-refractivity contribution is 0.415. The maximum absolute atomic E-state index is 5.32. The minimum absolute atomic E-state index is 0.525. The van der Waals surface area contributed by atoms with Crippen molar-refractivity contribution in [2.24, 2.45) is 0 Å². The van der Waals surface area contributed by atoms with Crippen molar-refractivity contribution in [3.05, 3.63) is 48.0 Å². The van der Waals surface area contributed by atoms with Gasteiger partial charge < -0.3 is 20.1 Å². The summed E-state index contributed by atoms with van der Waals surface area (Å²) in [6, 6.07) is 13.4. The third kappa shape index (κ3) is 4.10. The van der Waals surface area contributed by atoms with Crippen LogP contribution in [-0.4, -0.2) is 19.3 Å². The van der Waals surface area contributed by atoms with Gasteiger partial charge in [0, 0.05) is 17.4 Å². The van der Waals surface area contributed by atoms with E-state index in [-0.39, 0.29) is 0 Å². The molecule has 0 amide bonds. The van der Waals surface area contributed by atoms with Gasteiger partial charge in [0.05, 0.1) is 14.2 Å². The summed E-state index contributed by atoms with van der Waals surface area (Å²) >= 11 is 5.32. The first-order valence-corrected chi connectivity index (χ1v) is 6.90. The topological polar surface area (TPSA) is 42.5 Å². The number of methoxy groups -OCH3 is 2. The van der Waals surface area contributed by atoms with Crippen molar-refractivity contribution >= 4 is 28.7 Å². The molecule has 2 aromatic rings. The normalized spacial score (nSPS) is 9.86. The summed E-state index contributed by atoms with van der Waals surface area (Å²) in [6.45, 7) is 2.01. The zero-order chi connectivity index (χ0) is 15.2. The van der Waals surface area contributed by atoms with Crippen molar-refractivity contribution in [2.75, 3.05) is 24.9 Å². The van der Waals surface area contributed by atoms with Crippen LogP contribution < -0.4 is 20.1 Å². The summed E-state index contributed by atoms with van der Waals surface area (Å²) in [5.41, 5.74) is 2.91. The average molecular weight is 302 g/mol. The highest BCUT2D eigenvalue weighted by atomic mass is 32.1. The van der Waals surface area contributed by atoms with Crippen molar-refractivity contribution in [2.45, 2.75) is 6.92 Å². The van der Waals surface area contributed by atoms with E-state index in [1.165, 1.54) is 0 Å². The van der Waals surface area contributed by atoms with Gasteiger partial charge in [-0.05, 0) is 55.0 Å². The van der Waals surface area contributed by atoms with Gasteiger partial charge in [-0.3, -0.25) is 0 Å². The Morgan fingerprint density at radius 2 is 1.52 bits per heavy atom. The standard InChI is InChI=1S/C16H18N2O2S/c1-11-4-7-14(20-3)10-15(11)18-16(21)17-12-5-8-13(19-2)9-6-12/h4-10H,1-3H3,(H2,17,18,21). The molecule has 0 saturated heterocycles. The molecule has 5 heteroatoms. The molecule has 2 rings (SSSR count). The zero-order valence-corrected chi connectivity index (χ0v) is 13.1. The second kappa shape index (κ2) is 6.95. The molecule has 0 aliphatic rings. The molecule has 0 aliphatic heterocycles. The van der Waals surface area contributed by atoms with E-state index in [0.29, 0.717) is 5.11 Å². The van der Waals surface area contributed by atoms with E-state index in [2.05, 4.69) is 10.6 Å². The Morgan fingerprint density at radius 3 is 2.14 bits per heavy atom. The lowest BCUT2D eigenvalue weighted by Crippen LogP contribution is -2.19. The van der Waals surface area contributed by atoms with Crippen molar-refractivity contribution in [3.63, 3.8) is 0 Å². The summed E-state index contributed by atoms with van der Waals surface area (Å²) in [5.74, 6) is 1.60. The van der Waals surface area contributed by atoms with Crippen LogP contribution >= 0.6 is 12.2 Å². The van der Waals surface area contributed by atoms with E-state index in [9.17, 15) is 0 Å². The molecule has 0 unspecified atom stereocenters. The van der Waals surface area contributed by atoms with Gasteiger partial charge in [0.15, 0.2) is 5.11 Å². The van der Waals surface area contributed by atoms with Crippen LogP contribution in [0.1, 0.15) is 5.56 Å². The number of rotatable bonds is 4. The maximum Gasteiger partial charge on any atom is 0.175 e. The van der Waals surface area contributed by atoms with Gasteiger partial charge in [-0.15, -0.1) is 0 Å². The van der Waals surface area contributed by atoms with Crippen molar-refractivity contribution in [1.29, 1.82) is 0 Å². The monoisotopic (exact) mass is 302 g/mol. The first-order valence-electron chi connectivity index (χ1n) is 6.49. The molecule has 2 aromatic carbocycles. The first-order chi connectivity index (χ1) is 10.1. The lowest BCUT2D eigenvalue weighted by Gasteiger charge is -2.13. The summed E-state index contributed by atoms with van der Waals surface area (Å²) in [7, 11) is 3.28. The largest absolute Gasteiger partial charge is 0.497 e. The molecule has 110 valence electrons. The van der Waals surface area contributed by atoms with Gasteiger partial charge in [-0.1, -0.05) is 6.07 Å². The highest BCUT2D eigenvalue weighted by molar-refractivity contribution is 7.80. The van der Waals surface area contributed by atoms with Gasteiger partial charge >= 0.3 is 0 Å². The highest BCUT2D eigenvalue weighted by Gasteiger charge is 2.04. The minimum Gasteiger partial charge on any atom is -0.497 e. The van der Waals surface area contributed by atoms with Crippen LogP contribution in [0, 0.1) is 6.92 Å². The third-order valence-corrected chi connectivity index (χ3v) is 3.24. The molecule has 0 bridgehead atoms. The van der Waals surface area contributed by atoms with Crippen LogP contribution in [0.3, 0.4) is 0 Å². The summed E-state index contributed by atoms with van der Waals surface area (Å²) in [4.78, 5) is 0. The number of hydrogen-bond donors (Lipinski definition) is 2. The summed E-state index contributed by atoms with van der Waals surface area (Å²) < 4.78 is 10.3. The predicted octanol–water partition coefficient (Wildman–Crippen LogP) is 3.82. The molecular weight excluding hydrogens is 284 g/mol. The number of aryl methyl sites for hydroxylation is 1. The fourth-order valence-corrected chi connectivity index (χ4v) is 2.05. The van der Waals surface area contributed by atoms with Gasteiger partial charge in [0.2, 0.25) is 0 Å². The van der Waals surface area contributed by atoms with Crippen LogP contribution in [0.5, 0.6) is 11.5 Å². The number of ether oxygens (including phenoxy) is 2. The van der Waals surface area contributed by atoms with Gasteiger partial charge in [-0.2, -0.15) is 0 Å². The maximum atomic E-state index is 5.32. The summed E-state index contributed by atoms with van der Waals surface area (Å²) in [6.07, 6.45) is 0. The molecule has 21 heavy (non-hydrogen) atoms. The zero-order valence-electron chi connectivity index (χ0n) is 12.3. The Morgan fingerprint density at radius 1 is 0.905 bits per heavy atom. The van der Waals surface area contributed by atoms with Crippen LogP contribution in [0.15, 0.2) is 42.5 Å².